The van der Waals surface area contributed by atoms with E-state index in [1.54, 1.807) is 6.92 Å². The molecule has 0 radical (unpaired) electrons. The molecule has 0 aromatic rings. The second-order valence-electron chi connectivity index (χ2n) is 5.09. The molecule has 0 saturated heterocycles. The van der Waals surface area contributed by atoms with Crippen molar-refractivity contribution in [2.24, 2.45) is 5.92 Å². The molecule has 1 amide bonds. The third-order valence-electron chi connectivity index (χ3n) is 3.57. The van der Waals surface area contributed by atoms with Crippen LogP contribution in [0, 0.1) is 5.92 Å². The summed E-state index contributed by atoms with van der Waals surface area (Å²) in [6.45, 7) is 1.97. The summed E-state index contributed by atoms with van der Waals surface area (Å²) < 4.78 is 4.73. The second-order valence-corrected chi connectivity index (χ2v) is 5.09. The van der Waals surface area contributed by atoms with Crippen molar-refractivity contribution in [2.75, 3.05) is 6.61 Å². The number of esters is 1. The maximum Gasteiger partial charge on any atom is 0.326 e. The van der Waals surface area contributed by atoms with Crippen molar-refractivity contribution in [3.05, 3.63) is 0 Å². The summed E-state index contributed by atoms with van der Waals surface area (Å²) in [4.78, 5) is 34.1. The van der Waals surface area contributed by atoms with E-state index < -0.39 is 23.9 Å². The maximum atomic E-state index is 11.7. The minimum atomic E-state index is -0.999. The summed E-state index contributed by atoms with van der Waals surface area (Å²) in [5.41, 5.74) is 0. The second kappa shape index (κ2) is 8.55. The Bertz CT molecular complexity index is 349. The number of carbonyl (C=O) groups is 3. The summed E-state index contributed by atoms with van der Waals surface area (Å²) in [7, 11) is 0. The lowest BCUT2D eigenvalue weighted by atomic mass is 9.84. The molecule has 6 heteroatoms. The smallest absolute Gasteiger partial charge is 0.326 e. The van der Waals surface area contributed by atoms with Crippen molar-refractivity contribution in [1.82, 2.24) is 5.32 Å². The Morgan fingerprint density at radius 3 is 2.40 bits per heavy atom. The number of rotatable bonds is 7. The van der Waals surface area contributed by atoms with E-state index in [0.29, 0.717) is 0 Å². The number of ether oxygens (including phenoxy) is 1. The zero-order valence-corrected chi connectivity index (χ0v) is 11.9. The lowest BCUT2D eigenvalue weighted by Crippen LogP contribution is -2.46. The number of carboxylic acids is 1. The highest BCUT2D eigenvalue weighted by atomic mass is 16.5. The minimum absolute atomic E-state index is 0.00667. The fourth-order valence-corrected chi connectivity index (χ4v) is 2.54. The third kappa shape index (κ3) is 5.59. The van der Waals surface area contributed by atoms with Crippen molar-refractivity contribution in [3.63, 3.8) is 0 Å². The standard InChI is InChI=1S/C14H23NO5/c1-2-20-12(17)9-8-11(16)15-13(14(18)19)10-6-4-3-5-7-10/h10,13H,2-9H2,1H3,(H,15,16)(H,18,19)/t13-/m1/s1. The van der Waals surface area contributed by atoms with Gasteiger partial charge in [0.25, 0.3) is 0 Å². The van der Waals surface area contributed by atoms with Crippen LogP contribution in [0.3, 0.4) is 0 Å². The largest absolute Gasteiger partial charge is 0.480 e. The summed E-state index contributed by atoms with van der Waals surface area (Å²) in [6.07, 6.45) is 4.75. The molecular formula is C14H23NO5. The van der Waals surface area contributed by atoms with Gasteiger partial charge in [0.2, 0.25) is 5.91 Å². The number of aliphatic carboxylic acids is 1. The van der Waals surface area contributed by atoms with Crippen LogP contribution in [0.4, 0.5) is 0 Å². The number of amides is 1. The first-order valence-corrected chi connectivity index (χ1v) is 7.22. The van der Waals surface area contributed by atoms with Crippen LogP contribution in [-0.2, 0) is 19.1 Å². The first-order chi connectivity index (χ1) is 9.54. The highest BCUT2D eigenvalue weighted by Gasteiger charge is 2.30. The molecule has 1 aliphatic rings. The van der Waals surface area contributed by atoms with Gasteiger partial charge in [-0.25, -0.2) is 4.79 Å². The van der Waals surface area contributed by atoms with Gasteiger partial charge in [-0.05, 0) is 25.7 Å². The van der Waals surface area contributed by atoms with Crippen LogP contribution < -0.4 is 5.32 Å². The van der Waals surface area contributed by atoms with E-state index in [9.17, 15) is 19.5 Å². The van der Waals surface area contributed by atoms with E-state index in [1.807, 2.05) is 0 Å². The van der Waals surface area contributed by atoms with Crippen LogP contribution in [-0.4, -0.2) is 35.6 Å². The molecule has 0 aliphatic heterocycles. The Morgan fingerprint density at radius 1 is 1.20 bits per heavy atom. The maximum absolute atomic E-state index is 11.7. The van der Waals surface area contributed by atoms with Crippen LogP contribution in [0.25, 0.3) is 0 Å². The van der Waals surface area contributed by atoms with Gasteiger partial charge in [-0.1, -0.05) is 19.3 Å². The third-order valence-corrected chi connectivity index (χ3v) is 3.57. The molecule has 1 aliphatic carbocycles. The number of carboxylic acid groups (broad SMARTS) is 1. The van der Waals surface area contributed by atoms with Crippen LogP contribution in [0.5, 0.6) is 0 Å². The summed E-state index contributed by atoms with van der Waals surface area (Å²) in [5, 5.41) is 11.8. The molecule has 0 heterocycles. The Kier molecular flexibility index (Phi) is 7.04. The molecule has 0 unspecified atom stereocenters. The van der Waals surface area contributed by atoms with Gasteiger partial charge >= 0.3 is 11.9 Å². The molecule has 20 heavy (non-hydrogen) atoms. The topological polar surface area (TPSA) is 92.7 Å². The zero-order valence-electron chi connectivity index (χ0n) is 11.9. The van der Waals surface area contributed by atoms with Crippen LogP contribution in [0.1, 0.15) is 51.9 Å². The summed E-state index contributed by atoms with van der Waals surface area (Å²) in [6, 6.07) is -0.843. The van der Waals surface area contributed by atoms with Gasteiger partial charge in [-0.2, -0.15) is 0 Å². The Balaban J connectivity index is 2.42. The Hall–Kier alpha value is -1.59. The summed E-state index contributed by atoms with van der Waals surface area (Å²) in [5.74, 6) is -1.85. The number of carbonyl (C=O) groups excluding carboxylic acids is 2. The van der Waals surface area contributed by atoms with Gasteiger partial charge in [0.05, 0.1) is 13.0 Å². The molecule has 114 valence electrons. The number of nitrogens with one attached hydrogen (secondary N) is 1. The SMILES string of the molecule is CCOC(=O)CCC(=O)N[C@@H](C(=O)O)C1CCCCC1. The predicted octanol–water partition coefficient (Wildman–Crippen LogP) is 1.48. The highest BCUT2D eigenvalue weighted by molar-refractivity contribution is 5.85. The number of hydrogen-bond donors (Lipinski definition) is 2. The van der Waals surface area contributed by atoms with Crippen LogP contribution >= 0.6 is 0 Å². The number of hydrogen-bond acceptors (Lipinski definition) is 4. The lowest BCUT2D eigenvalue weighted by Gasteiger charge is -2.28. The van der Waals surface area contributed by atoms with Gasteiger partial charge in [-0.3, -0.25) is 9.59 Å². The minimum Gasteiger partial charge on any atom is -0.480 e. The van der Waals surface area contributed by atoms with E-state index in [0.717, 1.165) is 32.1 Å². The average molecular weight is 285 g/mol. The first-order valence-electron chi connectivity index (χ1n) is 7.22. The molecule has 1 rings (SSSR count). The molecule has 6 nitrogen and oxygen atoms in total. The van der Waals surface area contributed by atoms with Gasteiger partial charge in [0.15, 0.2) is 0 Å². The van der Waals surface area contributed by atoms with Crippen LogP contribution in [0.15, 0.2) is 0 Å². The van der Waals surface area contributed by atoms with Crippen molar-refractivity contribution >= 4 is 17.8 Å². The average Bonchev–Trinajstić information content (AvgIpc) is 2.43. The lowest BCUT2D eigenvalue weighted by molar-refractivity contribution is -0.145. The van der Waals surface area contributed by atoms with Crippen molar-refractivity contribution in [2.45, 2.75) is 57.9 Å². The normalized spacial score (nSPS) is 17.2. The molecule has 2 N–H and O–H groups in total. The first kappa shape index (κ1) is 16.5. The molecule has 0 aromatic carbocycles. The summed E-state index contributed by atoms with van der Waals surface area (Å²) >= 11 is 0. The Morgan fingerprint density at radius 2 is 1.85 bits per heavy atom. The van der Waals surface area contributed by atoms with E-state index in [4.69, 9.17) is 4.74 Å². The molecule has 0 aromatic heterocycles. The van der Waals surface area contributed by atoms with Crippen molar-refractivity contribution in [1.29, 1.82) is 0 Å². The van der Waals surface area contributed by atoms with E-state index in [2.05, 4.69) is 5.32 Å². The van der Waals surface area contributed by atoms with Crippen molar-refractivity contribution in [3.8, 4) is 0 Å². The monoisotopic (exact) mass is 285 g/mol. The fraction of sp³-hybridized carbons (Fsp3) is 0.786. The predicted molar refractivity (Wildman–Crippen MR) is 72.0 cm³/mol. The van der Waals surface area contributed by atoms with Gasteiger partial charge in [0.1, 0.15) is 6.04 Å². The zero-order chi connectivity index (χ0) is 15.0. The van der Waals surface area contributed by atoms with E-state index >= 15 is 0 Å². The molecule has 0 spiro atoms. The van der Waals surface area contributed by atoms with E-state index in [1.165, 1.54) is 0 Å². The highest BCUT2D eigenvalue weighted by Crippen LogP contribution is 2.26. The fourth-order valence-electron chi connectivity index (χ4n) is 2.54. The van der Waals surface area contributed by atoms with Crippen molar-refractivity contribution < 1.29 is 24.2 Å². The Labute approximate surface area is 118 Å². The molecule has 1 atom stereocenters. The van der Waals surface area contributed by atoms with Gasteiger partial charge in [0, 0.05) is 6.42 Å². The van der Waals surface area contributed by atoms with Crippen LogP contribution in [0.2, 0.25) is 0 Å². The van der Waals surface area contributed by atoms with Gasteiger partial charge < -0.3 is 15.2 Å². The van der Waals surface area contributed by atoms with Gasteiger partial charge in [-0.15, -0.1) is 0 Å². The van der Waals surface area contributed by atoms with E-state index in [-0.39, 0.29) is 25.4 Å². The molecule has 1 saturated carbocycles. The molecule has 0 bridgehead atoms. The molecule has 1 fully saturated rings. The molecular weight excluding hydrogens is 262 g/mol. The quantitative estimate of drug-likeness (QED) is 0.691.